The van der Waals surface area contributed by atoms with E-state index in [0.717, 1.165) is 12.4 Å². The number of rotatable bonds is 0. The highest BCUT2D eigenvalue weighted by atomic mass is 127. The molecule has 0 aromatic heterocycles. The van der Waals surface area contributed by atoms with Crippen molar-refractivity contribution in [3.63, 3.8) is 0 Å². The highest BCUT2D eigenvalue weighted by Crippen LogP contribution is 2.36. The van der Waals surface area contributed by atoms with Gasteiger partial charge in [-0.15, -0.1) is 0 Å². The van der Waals surface area contributed by atoms with Gasteiger partial charge in [-0.1, -0.05) is 47.7 Å². The molecule has 64 valence electrons. The summed E-state index contributed by atoms with van der Waals surface area (Å²) in [5.41, 5.74) is 1.35. The van der Waals surface area contributed by atoms with Crippen LogP contribution in [0.25, 0.3) is 0 Å². The second-order valence-electron chi connectivity index (χ2n) is 3.15. The molecule has 0 N–H and O–H groups in total. The Balaban J connectivity index is 2.42. The number of halogens is 1. The van der Waals surface area contributed by atoms with E-state index >= 15 is 0 Å². The SMILES string of the molecule is C[C@@H]1c2ccccc2OC[C@H]1I. The molecule has 0 bridgehead atoms. The number of hydrogen-bond acceptors (Lipinski definition) is 1. The largest absolute Gasteiger partial charge is 0.492 e. The van der Waals surface area contributed by atoms with Crippen LogP contribution in [-0.4, -0.2) is 10.5 Å². The Morgan fingerprint density at radius 3 is 3.00 bits per heavy atom. The van der Waals surface area contributed by atoms with Crippen molar-refractivity contribution in [1.82, 2.24) is 0 Å². The highest BCUT2D eigenvalue weighted by molar-refractivity contribution is 14.1. The molecule has 1 nitrogen and oxygen atoms in total. The van der Waals surface area contributed by atoms with E-state index in [2.05, 4.69) is 41.6 Å². The summed E-state index contributed by atoms with van der Waals surface area (Å²) >= 11 is 2.45. The van der Waals surface area contributed by atoms with E-state index in [9.17, 15) is 0 Å². The zero-order chi connectivity index (χ0) is 8.55. The lowest BCUT2D eigenvalue weighted by molar-refractivity contribution is 0.285. The van der Waals surface area contributed by atoms with Gasteiger partial charge in [-0.3, -0.25) is 0 Å². The fraction of sp³-hybridized carbons (Fsp3) is 0.400. The topological polar surface area (TPSA) is 9.23 Å². The van der Waals surface area contributed by atoms with Crippen LogP contribution >= 0.6 is 22.6 Å². The average molecular weight is 274 g/mol. The van der Waals surface area contributed by atoms with Crippen molar-refractivity contribution < 1.29 is 4.74 Å². The molecule has 0 saturated heterocycles. The van der Waals surface area contributed by atoms with Gasteiger partial charge in [0.25, 0.3) is 0 Å². The van der Waals surface area contributed by atoms with Gasteiger partial charge in [0.1, 0.15) is 12.4 Å². The van der Waals surface area contributed by atoms with E-state index < -0.39 is 0 Å². The minimum Gasteiger partial charge on any atom is -0.492 e. The monoisotopic (exact) mass is 274 g/mol. The Morgan fingerprint density at radius 1 is 1.42 bits per heavy atom. The summed E-state index contributed by atoms with van der Waals surface area (Å²) in [5.74, 6) is 1.69. The van der Waals surface area contributed by atoms with Crippen LogP contribution in [0.5, 0.6) is 5.75 Å². The Hall–Kier alpha value is -0.250. The lowest BCUT2D eigenvalue weighted by Gasteiger charge is -2.27. The van der Waals surface area contributed by atoms with Crippen LogP contribution in [0.4, 0.5) is 0 Å². The number of ether oxygens (including phenoxy) is 1. The maximum absolute atomic E-state index is 5.60. The third kappa shape index (κ3) is 1.32. The molecule has 0 radical (unpaired) electrons. The quantitative estimate of drug-likeness (QED) is 0.522. The molecule has 1 aromatic carbocycles. The zero-order valence-corrected chi connectivity index (χ0v) is 9.11. The summed E-state index contributed by atoms with van der Waals surface area (Å²) in [6.07, 6.45) is 0. The zero-order valence-electron chi connectivity index (χ0n) is 6.96. The van der Waals surface area contributed by atoms with Crippen molar-refractivity contribution in [2.45, 2.75) is 16.8 Å². The maximum atomic E-state index is 5.60. The van der Waals surface area contributed by atoms with Crippen LogP contribution in [0.15, 0.2) is 24.3 Å². The van der Waals surface area contributed by atoms with Crippen molar-refractivity contribution in [1.29, 1.82) is 0 Å². The Bertz CT molecular complexity index is 285. The van der Waals surface area contributed by atoms with Crippen LogP contribution in [-0.2, 0) is 0 Å². The predicted octanol–water partition coefficient (Wildman–Crippen LogP) is 2.99. The van der Waals surface area contributed by atoms with Crippen LogP contribution in [0.2, 0.25) is 0 Å². The van der Waals surface area contributed by atoms with E-state index in [1.807, 2.05) is 12.1 Å². The summed E-state index contributed by atoms with van der Waals surface area (Å²) in [6, 6.07) is 8.31. The van der Waals surface area contributed by atoms with E-state index in [0.29, 0.717) is 9.84 Å². The number of fused-ring (bicyclic) bond motifs is 1. The summed E-state index contributed by atoms with van der Waals surface area (Å²) in [5, 5.41) is 0. The maximum Gasteiger partial charge on any atom is 0.122 e. The number of hydrogen-bond donors (Lipinski definition) is 0. The Kier molecular flexibility index (Phi) is 2.26. The van der Waals surface area contributed by atoms with Gasteiger partial charge in [-0.2, -0.15) is 0 Å². The van der Waals surface area contributed by atoms with Crippen LogP contribution < -0.4 is 4.74 Å². The first-order valence-electron chi connectivity index (χ1n) is 4.15. The molecule has 0 spiro atoms. The number of alkyl halides is 1. The highest BCUT2D eigenvalue weighted by Gasteiger charge is 2.24. The van der Waals surface area contributed by atoms with Gasteiger partial charge in [-0.25, -0.2) is 0 Å². The molecule has 1 aliphatic heterocycles. The third-order valence-electron chi connectivity index (χ3n) is 2.35. The molecular formula is C10H11IO. The number of para-hydroxylation sites is 1. The Labute approximate surface area is 86.3 Å². The van der Waals surface area contributed by atoms with Crippen molar-refractivity contribution in [2.75, 3.05) is 6.61 Å². The van der Waals surface area contributed by atoms with Crippen molar-refractivity contribution >= 4 is 22.6 Å². The van der Waals surface area contributed by atoms with E-state index in [-0.39, 0.29) is 0 Å². The van der Waals surface area contributed by atoms with E-state index in [1.54, 1.807) is 0 Å². The van der Waals surface area contributed by atoms with Gasteiger partial charge in [0.15, 0.2) is 0 Å². The Morgan fingerprint density at radius 2 is 2.17 bits per heavy atom. The first-order chi connectivity index (χ1) is 5.79. The lowest BCUT2D eigenvalue weighted by atomic mass is 9.95. The minimum atomic E-state index is 0.609. The first-order valence-corrected chi connectivity index (χ1v) is 5.39. The molecule has 0 aliphatic carbocycles. The average Bonchev–Trinajstić information content (AvgIpc) is 2.12. The van der Waals surface area contributed by atoms with Gasteiger partial charge in [0.2, 0.25) is 0 Å². The van der Waals surface area contributed by atoms with Crippen molar-refractivity contribution in [3.05, 3.63) is 29.8 Å². The molecule has 1 heterocycles. The normalized spacial score (nSPS) is 27.5. The molecule has 2 rings (SSSR count). The molecule has 1 aliphatic rings. The molecule has 0 saturated carbocycles. The molecule has 0 amide bonds. The van der Waals surface area contributed by atoms with Crippen LogP contribution in [0.1, 0.15) is 18.4 Å². The molecule has 1 aromatic rings. The van der Waals surface area contributed by atoms with Gasteiger partial charge in [-0.05, 0) is 17.5 Å². The molecule has 12 heavy (non-hydrogen) atoms. The van der Waals surface area contributed by atoms with Crippen molar-refractivity contribution in [2.24, 2.45) is 0 Å². The molecule has 2 atom stereocenters. The summed E-state index contributed by atoms with van der Waals surface area (Å²) in [7, 11) is 0. The van der Waals surface area contributed by atoms with Gasteiger partial charge in [0.05, 0.1) is 3.92 Å². The number of benzene rings is 1. The van der Waals surface area contributed by atoms with Gasteiger partial charge < -0.3 is 4.74 Å². The lowest BCUT2D eigenvalue weighted by Crippen LogP contribution is -2.23. The summed E-state index contributed by atoms with van der Waals surface area (Å²) in [6.45, 7) is 3.11. The summed E-state index contributed by atoms with van der Waals surface area (Å²) in [4.78, 5) is 0. The molecule has 0 fully saturated rings. The summed E-state index contributed by atoms with van der Waals surface area (Å²) < 4.78 is 6.21. The fourth-order valence-corrected chi connectivity index (χ4v) is 2.06. The molecular weight excluding hydrogens is 263 g/mol. The van der Waals surface area contributed by atoms with Gasteiger partial charge >= 0.3 is 0 Å². The minimum absolute atomic E-state index is 0.609. The van der Waals surface area contributed by atoms with E-state index in [1.165, 1.54) is 5.56 Å². The fourth-order valence-electron chi connectivity index (χ4n) is 1.50. The smallest absolute Gasteiger partial charge is 0.122 e. The standard InChI is InChI=1S/C10H11IO/c1-7-8-4-2-3-5-10(8)12-6-9(7)11/h2-5,7,9H,6H2,1H3/t7-,9-/m1/s1. The molecule has 0 unspecified atom stereocenters. The van der Waals surface area contributed by atoms with Gasteiger partial charge in [0, 0.05) is 0 Å². The van der Waals surface area contributed by atoms with E-state index in [4.69, 9.17) is 4.74 Å². The third-order valence-corrected chi connectivity index (χ3v) is 3.79. The first kappa shape index (κ1) is 8.35. The van der Waals surface area contributed by atoms with Crippen molar-refractivity contribution in [3.8, 4) is 5.75 Å². The second-order valence-corrected chi connectivity index (χ2v) is 4.75. The molecule has 2 heteroatoms. The predicted molar refractivity (Wildman–Crippen MR) is 58.2 cm³/mol. The van der Waals surface area contributed by atoms with Crippen LogP contribution in [0, 0.1) is 0 Å². The second kappa shape index (κ2) is 3.24. The van der Waals surface area contributed by atoms with Crippen LogP contribution in [0.3, 0.4) is 0 Å².